The maximum Gasteiger partial charge on any atom is 0.315 e. The molecule has 2 aromatic carbocycles. The van der Waals surface area contributed by atoms with Crippen molar-refractivity contribution >= 4 is 17.6 Å². The third kappa shape index (κ3) is 4.85. The van der Waals surface area contributed by atoms with E-state index in [4.69, 9.17) is 0 Å². The van der Waals surface area contributed by atoms with Gasteiger partial charge in [-0.3, -0.25) is 4.79 Å². The van der Waals surface area contributed by atoms with Gasteiger partial charge in [-0.25, -0.2) is 4.79 Å². The van der Waals surface area contributed by atoms with E-state index in [9.17, 15) is 9.59 Å². The SMILES string of the molecule is Cc1ccccc1C(C)NC(=O)NCc1cccc(NC(=O)C2CC2)c1. The molecule has 1 atom stereocenters. The van der Waals surface area contributed by atoms with Crippen LogP contribution in [0.15, 0.2) is 48.5 Å². The summed E-state index contributed by atoms with van der Waals surface area (Å²) in [5.74, 6) is 0.255. The Bertz CT molecular complexity index is 799. The number of rotatable bonds is 6. The van der Waals surface area contributed by atoms with Gasteiger partial charge in [-0.2, -0.15) is 0 Å². The molecule has 0 heterocycles. The Balaban J connectivity index is 1.51. The first-order valence-corrected chi connectivity index (χ1v) is 9.02. The maximum atomic E-state index is 12.2. The number of nitrogens with one attached hydrogen (secondary N) is 3. The second-order valence-corrected chi connectivity index (χ2v) is 6.87. The van der Waals surface area contributed by atoms with Crippen molar-refractivity contribution in [3.8, 4) is 0 Å². The van der Waals surface area contributed by atoms with Crippen molar-refractivity contribution in [1.82, 2.24) is 10.6 Å². The highest BCUT2D eigenvalue weighted by Crippen LogP contribution is 2.30. The first kappa shape index (κ1) is 18.0. The summed E-state index contributed by atoms with van der Waals surface area (Å²) >= 11 is 0. The van der Waals surface area contributed by atoms with Crippen LogP contribution in [-0.2, 0) is 11.3 Å². The van der Waals surface area contributed by atoms with Crippen molar-refractivity contribution in [1.29, 1.82) is 0 Å². The molecule has 2 aromatic rings. The van der Waals surface area contributed by atoms with Gasteiger partial charge in [0.2, 0.25) is 5.91 Å². The van der Waals surface area contributed by atoms with Crippen LogP contribution in [0.25, 0.3) is 0 Å². The summed E-state index contributed by atoms with van der Waals surface area (Å²) in [6.07, 6.45) is 1.96. The molecule has 0 aromatic heterocycles. The molecule has 0 aliphatic heterocycles. The molecule has 3 N–H and O–H groups in total. The molecule has 26 heavy (non-hydrogen) atoms. The summed E-state index contributed by atoms with van der Waals surface area (Å²) < 4.78 is 0. The van der Waals surface area contributed by atoms with Gasteiger partial charge in [0, 0.05) is 18.2 Å². The fourth-order valence-corrected chi connectivity index (χ4v) is 2.93. The Kier molecular flexibility index (Phi) is 5.56. The fraction of sp³-hybridized carbons (Fsp3) is 0.333. The van der Waals surface area contributed by atoms with E-state index in [0.29, 0.717) is 6.54 Å². The average Bonchev–Trinajstić information content (AvgIpc) is 3.46. The zero-order valence-electron chi connectivity index (χ0n) is 15.2. The van der Waals surface area contributed by atoms with Crippen LogP contribution < -0.4 is 16.0 Å². The smallest absolute Gasteiger partial charge is 0.315 e. The minimum absolute atomic E-state index is 0.0691. The van der Waals surface area contributed by atoms with E-state index in [1.165, 1.54) is 0 Å². The van der Waals surface area contributed by atoms with Gasteiger partial charge in [0.1, 0.15) is 0 Å². The zero-order valence-corrected chi connectivity index (χ0v) is 15.2. The topological polar surface area (TPSA) is 70.2 Å². The molecule has 1 aliphatic rings. The van der Waals surface area contributed by atoms with Gasteiger partial charge in [-0.15, -0.1) is 0 Å². The lowest BCUT2D eigenvalue weighted by Crippen LogP contribution is -2.36. The van der Waals surface area contributed by atoms with Crippen molar-refractivity contribution in [2.75, 3.05) is 5.32 Å². The summed E-state index contributed by atoms with van der Waals surface area (Å²) in [7, 11) is 0. The van der Waals surface area contributed by atoms with Crippen LogP contribution in [-0.4, -0.2) is 11.9 Å². The van der Waals surface area contributed by atoms with Crippen molar-refractivity contribution in [3.05, 3.63) is 65.2 Å². The number of aryl methyl sites for hydroxylation is 1. The minimum Gasteiger partial charge on any atom is -0.334 e. The lowest BCUT2D eigenvalue weighted by Gasteiger charge is -2.17. The minimum atomic E-state index is -0.215. The van der Waals surface area contributed by atoms with Gasteiger partial charge in [0.05, 0.1) is 6.04 Å². The fourth-order valence-electron chi connectivity index (χ4n) is 2.93. The maximum absolute atomic E-state index is 12.2. The van der Waals surface area contributed by atoms with E-state index in [2.05, 4.69) is 16.0 Å². The number of hydrogen-bond donors (Lipinski definition) is 3. The molecule has 0 bridgehead atoms. The summed E-state index contributed by atoms with van der Waals surface area (Å²) in [6.45, 7) is 4.41. The van der Waals surface area contributed by atoms with Crippen LogP contribution >= 0.6 is 0 Å². The van der Waals surface area contributed by atoms with Crippen LogP contribution in [0.1, 0.15) is 42.5 Å². The molecule has 3 amide bonds. The first-order valence-electron chi connectivity index (χ1n) is 9.02. The molecule has 1 unspecified atom stereocenters. The van der Waals surface area contributed by atoms with Crippen molar-refractivity contribution in [3.63, 3.8) is 0 Å². The van der Waals surface area contributed by atoms with Gasteiger partial charge in [-0.05, 0) is 55.5 Å². The summed E-state index contributed by atoms with van der Waals surface area (Å²) in [5.41, 5.74) is 3.97. The Hall–Kier alpha value is -2.82. The molecule has 3 rings (SSSR count). The molecule has 0 spiro atoms. The van der Waals surface area contributed by atoms with Crippen LogP contribution in [0, 0.1) is 12.8 Å². The van der Waals surface area contributed by atoms with Gasteiger partial charge >= 0.3 is 6.03 Å². The summed E-state index contributed by atoms with van der Waals surface area (Å²) in [5, 5.41) is 8.75. The standard InChI is InChI=1S/C21H25N3O2/c1-14-6-3-4-9-19(14)15(2)23-21(26)22-13-16-7-5-8-18(12-16)24-20(25)17-10-11-17/h3-9,12,15,17H,10-11,13H2,1-2H3,(H,24,25)(H2,22,23,26). The third-order valence-electron chi connectivity index (χ3n) is 4.60. The second kappa shape index (κ2) is 8.04. The molecule has 5 nitrogen and oxygen atoms in total. The highest BCUT2D eigenvalue weighted by molar-refractivity contribution is 5.94. The van der Waals surface area contributed by atoms with Gasteiger partial charge in [0.15, 0.2) is 0 Å². The predicted molar refractivity (Wildman–Crippen MR) is 103 cm³/mol. The van der Waals surface area contributed by atoms with Gasteiger partial charge < -0.3 is 16.0 Å². The van der Waals surface area contributed by atoms with E-state index in [0.717, 1.165) is 35.2 Å². The van der Waals surface area contributed by atoms with E-state index < -0.39 is 0 Å². The molecule has 0 saturated heterocycles. The van der Waals surface area contributed by atoms with Gasteiger partial charge in [-0.1, -0.05) is 36.4 Å². The molecular weight excluding hydrogens is 326 g/mol. The number of carbonyl (C=O) groups excluding carboxylic acids is 2. The third-order valence-corrected chi connectivity index (χ3v) is 4.60. The molecule has 1 saturated carbocycles. The largest absolute Gasteiger partial charge is 0.334 e. The molecule has 0 radical (unpaired) electrons. The van der Waals surface area contributed by atoms with Crippen LogP contribution in [0.4, 0.5) is 10.5 Å². The lowest BCUT2D eigenvalue weighted by molar-refractivity contribution is -0.117. The van der Waals surface area contributed by atoms with E-state index in [1.807, 2.05) is 62.4 Å². The summed E-state index contributed by atoms with van der Waals surface area (Å²) in [4.78, 5) is 24.0. The molecule has 1 aliphatic carbocycles. The highest BCUT2D eigenvalue weighted by Gasteiger charge is 2.29. The normalized spacial score (nSPS) is 14.4. The van der Waals surface area contributed by atoms with Crippen molar-refractivity contribution < 1.29 is 9.59 Å². The number of carbonyl (C=O) groups is 2. The van der Waals surface area contributed by atoms with Gasteiger partial charge in [0.25, 0.3) is 0 Å². The van der Waals surface area contributed by atoms with E-state index in [-0.39, 0.29) is 23.9 Å². The number of anilines is 1. The lowest BCUT2D eigenvalue weighted by atomic mass is 10.0. The number of benzene rings is 2. The first-order chi connectivity index (χ1) is 12.5. The monoisotopic (exact) mass is 351 g/mol. The Labute approximate surface area is 154 Å². The average molecular weight is 351 g/mol. The van der Waals surface area contributed by atoms with Crippen LogP contribution in [0.3, 0.4) is 0 Å². The zero-order chi connectivity index (χ0) is 18.5. The van der Waals surface area contributed by atoms with Crippen LogP contribution in [0.2, 0.25) is 0 Å². The van der Waals surface area contributed by atoms with Crippen molar-refractivity contribution in [2.24, 2.45) is 5.92 Å². The number of urea groups is 1. The molecule has 136 valence electrons. The molecule has 5 heteroatoms. The molecule has 1 fully saturated rings. The van der Waals surface area contributed by atoms with Crippen LogP contribution in [0.5, 0.6) is 0 Å². The number of amides is 3. The highest BCUT2D eigenvalue weighted by atomic mass is 16.2. The Morgan fingerprint density at radius 1 is 1.12 bits per heavy atom. The summed E-state index contributed by atoms with van der Waals surface area (Å²) in [6, 6.07) is 15.3. The van der Waals surface area contributed by atoms with E-state index >= 15 is 0 Å². The molecular formula is C21H25N3O2. The second-order valence-electron chi connectivity index (χ2n) is 6.87. The predicted octanol–water partition coefficient (Wildman–Crippen LogP) is 3.90. The quantitative estimate of drug-likeness (QED) is 0.738. The Morgan fingerprint density at radius 3 is 2.62 bits per heavy atom. The Morgan fingerprint density at radius 2 is 1.88 bits per heavy atom. The van der Waals surface area contributed by atoms with Crippen molar-refractivity contribution in [2.45, 2.75) is 39.3 Å². The number of hydrogen-bond acceptors (Lipinski definition) is 2. The van der Waals surface area contributed by atoms with E-state index in [1.54, 1.807) is 0 Å².